The molecule has 1 N–H and O–H groups in total. The van der Waals surface area contributed by atoms with Crippen LogP contribution in [0.4, 0.5) is 0 Å². The normalized spacial score (nSPS) is 19.5. The molecule has 2 aromatic rings. The van der Waals surface area contributed by atoms with Gasteiger partial charge < -0.3 is 19.3 Å². The van der Waals surface area contributed by atoms with Crippen LogP contribution < -0.4 is 9.47 Å². The van der Waals surface area contributed by atoms with E-state index in [0.29, 0.717) is 13.2 Å². The zero-order valence-electron chi connectivity index (χ0n) is 14.5. The van der Waals surface area contributed by atoms with Crippen molar-refractivity contribution in [3.05, 3.63) is 42.7 Å². The van der Waals surface area contributed by atoms with Crippen LogP contribution in [-0.2, 0) is 11.3 Å². The third kappa shape index (κ3) is 5.45. The molecule has 0 spiro atoms. The molecule has 136 valence electrons. The first-order chi connectivity index (χ1) is 12.2. The van der Waals surface area contributed by atoms with Crippen LogP contribution in [0, 0.1) is 0 Å². The van der Waals surface area contributed by atoms with Crippen molar-refractivity contribution < 1.29 is 19.3 Å². The molecule has 0 amide bonds. The molecule has 1 fully saturated rings. The minimum atomic E-state index is -0.550. The fraction of sp³-hybridized carbons (Fsp3) is 0.500. The van der Waals surface area contributed by atoms with E-state index < -0.39 is 6.10 Å². The van der Waals surface area contributed by atoms with Crippen LogP contribution in [0.25, 0.3) is 0 Å². The number of β-amino-alcohol motifs (C(OH)–C–C–N with tert-alkyl or cyclic N) is 1. The van der Waals surface area contributed by atoms with E-state index in [4.69, 9.17) is 14.2 Å². The molecule has 1 aromatic carbocycles. The van der Waals surface area contributed by atoms with E-state index in [1.54, 1.807) is 13.3 Å². The molecule has 25 heavy (non-hydrogen) atoms. The van der Waals surface area contributed by atoms with Gasteiger partial charge in [0, 0.05) is 32.0 Å². The maximum absolute atomic E-state index is 10.3. The van der Waals surface area contributed by atoms with Gasteiger partial charge in [0.2, 0.25) is 0 Å². The number of morpholine rings is 1. The Labute approximate surface area is 147 Å². The summed E-state index contributed by atoms with van der Waals surface area (Å²) in [5, 5.41) is 14.5. The summed E-state index contributed by atoms with van der Waals surface area (Å²) in [4.78, 5) is 2.21. The minimum absolute atomic E-state index is 0.0864. The van der Waals surface area contributed by atoms with Crippen LogP contribution >= 0.6 is 0 Å². The van der Waals surface area contributed by atoms with Crippen molar-refractivity contribution in [3.8, 4) is 11.5 Å². The fourth-order valence-electron chi connectivity index (χ4n) is 2.89. The molecule has 3 rings (SSSR count). The number of hydrogen-bond donors (Lipinski definition) is 1. The molecule has 2 atom stereocenters. The number of hydrogen-bond acceptors (Lipinski definition) is 6. The highest BCUT2D eigenvalue weighted by molar-refractivity contribution is 5.31. The number of methoxy groups -OCH3 is 1. The van der Waals surface area contributed by atoms with Crippen molar-refractivity contribution >= 4 is 0 Å². The molecule has 1 aliphatic heterocycles. The van der Waals surface area contributed by atoms with Gasteiger partial charge in [-0.15, -0.1) is 0 Å². The topological polar surface area (TPSA) is 69.0 Å². The van der Waals surface area contributed by atoms with Crippen LogP contribution in [-0.4, -0.2) is 72.0 Å². The Morgan fingerprint density at radius 3 is 2.84 bits per heavy atom. The Hall–Kier alpha value is -2.09. The SMILES string of the molecule is COc1ccc(OC[C@@H](O)CN2CCO[C@@H](Cn3cccn3)C2)cc1. The quantitative estimate of drug-likeness (QED) is 0.769. The second-order valence-corrected chi connectivity index (χ2v) is 6.12. The summed E-state index contributed by atoms with van der Waals surface area (Å²) < 4.78 is 18.4. The highest BCUT2D eigenvalue weighted by Gasteiger charge is 2.23. The van der Waals surface area contributed by atoms with Crippen LogP contribution in [0.15, 0.2) is 42.7 Å². The summed E-state index contributed by atoms with van der Waals surface area (Å²) in [7, 11) is 1.63. The largest absolute Gasteiger partial charge is 0.497 e. The number of aromatic nitrogens is 2. The van der Waals surface area contributed by atoms with Crippen molar-refractivity contribution in [1.29, 1.82) is 0 Å². The van der Waals surface area contributed by atoms with Crippen LogP contribution in [0.2, 0.25) is 0 Å². The zero-order valence-corrected chi connectivity index (χ0v) is 14.5. The monoisotopic (exact) mass is 347 g/mol. The summed E-state index contributed by atoms with van der Waals surface area (Å²) in [5.41, 5.74) is 0. The minimum Gasteiger partial charge on any atom is -0.497 e. The first kappa shape index (κ1) is 17.7. The van der Waals surface area contributed by atoms with Gasteiger partial charge >= 0.3 is 0 Å². The first-order valence-corrected chi connectivity index (χ1v) is 8.49. The Morgan fingerprint density at radius 2 is 2.12 bits per heavy atom. The van der Waals surface area contributed by atoms with E-state index in [0.717, 1.165) is 31.1 Å². The van der Waals surface area contributed by atoms with E-state index in [1.807, 2.05) is 41.2 Å². The molecular formula is C18H25N3O4. The maximum atomic E-state index is 10.3. The van der Waals surface area contributed by atoms with Gasteiger partial charge in [-0.1, -0.05) is 0 Å². The van der Waals surface area contributed by atoms with E-state index in [9.17, 15) is 5.11 Å². The number of rotatable bonds is 8. The summed E-state index contributed by atoms with van der Waals surface area (Å²) in [5.74, 6) is 1.50. The average Bonchev–Trinajstić information content (AvgIpc) is 3.14. The molecule has 2 heterocycles. The van der Waals surface area contributed by atoms with Crippen molar-refractivity contribution in [2.75, 3.05) is 40.0 Å². The Morgan fingerprint density at radius 1 is 1.32 bits per heavy atom. The van der Waals surface area contributed by atoms with E-state index in [1.165, 1.54) is 0 Å². The van der Waals surface area contributed by atoms with Crippen molar-refractivity contribution in [2.24, 2.45) is 0 Å². The molecule has 1 saturated heterocycles. The zero-order chi connectivity index (χ0) is 17.5. The second-order valence-electron chi connectivity index (χ2n) is 6.12. The number of ether oxygens (including phenoxy) is 3. The summed E-state index contributed by atoms with van der Waals surface area (Å²) >= 11 is 0. The Kier molecular flexibility index (Phi) is 6.27. The third-order valence-corrected chi connectivity index (χ3v) is 4.14. The summed E-state index contributed by atoms with van der Waals surface area (Å²) in [6.07, 6.45) is 3.23. The number of aliphatic hydroxyl groups is 1. The van der Waals surface area contributed by atoms with Gasteiger partial charge in [0.05, 0.1) is 26.4 Å². The lowest BCUT2D eigenvalue weighted by Crippen LogP contribution is -2.47. The lowest BCUT2D eigenvalue weighted by atomic mass is 10.2. The second kappa shape index (κ2) is 8.84. The average molecular weight is 347 g/mol. The van der Waals surface area contributed by atoms with E-state index in [-0.39, 0.29) is 12.7 Å². The fourth-order valence-corrected chi connectivity index (χ4v) is 2.89. The molecule has 0 radical (unpaired) electrons. The first-order valence-electron chi connectivity index (χ1n) is 8.49. The van der Waals surface area contributed by atoms with Crippen molar-refractivity contribution in [1.82, 2.24) is 14.7 Å². The van der Waals surface area contributed by atoms with Gasteiger partial charge in [-0.2, -0.15) is 5.10 Å². The Balaban J connectivity index is 1.41. The van der Waals surface area contributed by atoms with Gasteiger partial charge in [-0.3, -0.25) is 9.58 Å². The molecule has 0 bridgehead atoms. The van der Waals surface area contributed by atoms with Crippen LogP contribution in [0.1, 0.15) is 0 Å². The van der Waals surface area contributed by atoms with Gasteiger partial charge in [0.15, 0.2) is 0 Å². The lowest BCUT2D eigenvalue weighted by Gasteiger charge is -2.33. The van der Waals surface area contributed by atoms with Crippen LogP contribution in [0.5, 0.6) is 11.5 Å². The molecule has 0 unspecified atom stereocenters. The summed E-state index contributed by atoms with van der Waals surface area (Å²) in [6.45, 7) is 3.80. The highest BCUT2D eigenvalue weighted by Crippen LogP contribution is 2.17. The molecule has 1 aliphatic rings. The third-order valence-electron chi connectivity index (χ3n) is 4.14. The number of benzene rings is 1. The number of aliphatic hydroxyl groups excluding tert-OH is 1. The molecule has 0 aliphatic carbocycles. The van der Waals surface area contributed by atoms with Crippen LogP contribution in [0.3, 0.4) is 0 Å². The predicted octanol–water partition coefficient (Wildman–Crippen LogP) is 1.03. The number of nitrogens with zero attached hydrogens (tertiary/aromatic N) is 3. The lowest BCUT2D eigenvalue weighted by molar-refractivity contribution is -0.0517. The van der Waals surface area contributed by atoms with Crippen molar-refractivity contribution in [3.63, 3.8) is 0 Å². The molecule has 1 aromatic heterocycles. The Bertz CT molecular complexity index is 618. The van der Waals surface area contributed by atoms with Gasteiger partial charge in [0.25, 0.3) is 0 Å². The van der Waals surface area contributed by atoms with Gasteiger partial charge in [0.1, 0.15) is 24.2 Å². The van der Waals surface area contributed by atoms with Crippen molar-refractivity contribution in [2.45, 2.75) is 18.8 Å². The maximum Gasteiger partial charge on any atom is 0.119 e. The molecule has 7 heteroatoms. The predicted molar refractivity (Wildman–Crippen MR) is 92.9 cm³/mol. The van der Waals surface area contributed by atoms with E-state index in [2.05, 4.69) is 10.00 Å². The molecule has 0 saturated carbocycles. The standard InChI is InChI=1S/C18H25N3O4/c1-23-16-3-5-17(6-4-16)25-14-15(22)11-20-9-10-24-18(12-20)13-21-8-2-7-19-21/h2-8,15,18,22H,9-14H2,1H3/t15-,18+/m0/s1. The molecule has 7 nitrogen and oxygen atoms in total. The van der Waals surface area contributed by atoms with Gasteiger partial charge in [-0.05, 0) is 30.3 Å². The van der Waals surface area contributed by atoms with Gasteiger partial charge in [-0.25, -0.2) is 0 Å². The summed E-state index contributed by atoms with van der Waals surface area (Å²) in [6, 6.07) is 9.24. The highest BCUT2D eigenvalue weighted by atomic mass is 16.5. The molecular weight excluding hydrogens is 322 g/mol. The smallest absolute Gasteiger partial charge is 0.119 e. The van der Waals surface area contributed by atoms with E-state index >= 15 is 0 Å².